The van der Waals surface area contributed by atoms with Gasteiger partial charge in [0.15, 0.2) is 34.6 Å². The van der Waals surface area contributed by atoms with Gasteiger partial charge in [0.1, 0.15) is 47.4 Å². The maximum Gasteiger partial charge on any atom is 0.262 e. The number of carboxylic acids is 1. The Morgan fingerprint density at radius 1 is 0.614 bits per heavy atom. The van der Waals surface area contributed by atoms with E-state index in [0.717, 1.165) is 12.2 Å². The highest BCUT2D eigenvalue weighted by Crippen LogP contribution is 2.30. The molecule has 1 fully saturated rings. The van der Waals surface area contributed by atoms with Crippen molar-refractivity contribution in [3.8, 4) is 34.5 Å². The number of phenolic OH excluding ortho intramolecular Hbond substituents is 2. The van der Waals surface area contributed by atoms with E-state index >= 15 is 0 Å². The minimum absolute atomic E-state index is 0.00896. The fourth-order valence-electron chi connectivity index (χ4n) is 6.02. The number of rotatable bonds is 19. The zero-order chi connectivity index (χ0) is 51.7. The van der Waals surface area contributed by atoms with Crippen LogP contribution in [0.1, 0.15) is 33.4 Å². The highest BCUT2D eigenvalue weighted by atomic mass is 32.3. The van der Waals surface area contributed by atoms with Crippen LogP contribution in [0.25, 0.3) is 24.3 Å². The van der Waals surface area contributed by atoms with Gasteiger partial charge in [-0.05, 0) is 95.1 Å². The lowest BCUT2D eigenvalue weighted by Gasteiger charge is -2.40. The van der Waals surface area contributed by atoms with Gasteiger partial charge in [-0.15, -0.1) is 0 Å². The van der Waals surface area contributed by atoms with Crippen molar-refractivity contribution in [3.63, 3.8) is 0 Å². The second kappa shape index (κ2) is 25.5. The zero-order valence-electron chi connectivity index (χ0n) is 36.8. The van der Waals surface area contributed by atoms with Gasteiger partial charge in [-0.1, -0.05) is 48.6 Å². The molecule has 0 bridgehead atoms. The molecule has 0 saturated carbocycles. The molecule has 0 aliphatic carbocycles. The van der Waals surface area contributed by atoms with E-state index < -0.39 is 71.9 Å². The Labute approximate surface area is 399 Å². The van der Waals surface area contributed by atoms with Crippen LogP contribution in [0.4, 0.5) is 0 Å². The second-order valence-corrected chi connectivity index (χ2v) is 15.5. The van der Waals surface area contributed by atoms with Crippen LogP contribution in [0.3, 0.4) is 0 Å². The number of hydrogen-bond donors (Lipinski definition) is 9. The molecule has 5 rings (SSSR count). The van der Waals surface area contributed by atoms with Crippen molar-refractivity contribution in [1.29, 1.82) is 0 Å². The first-order chi connectivity index (χ1) is 33.1. The maximum atomic E-state index is 12.1. The minimum atomic E-state index is -4.99. The summed E-state index contributed by atoms with van der Waals surface area (Å²) in [7, 11) is -2.19. The summed E-state index contributed by atoms with van der Waals surface area (Å²) in [5.74, 6) is -3.45. The number of aliphatic hydroxyl groups is 7. The highest BCUT2D eigenvalue weighted by Gasteiger charge is 2.45. The lowest BCUT2D eigenvalue weighted by Crippen LogP contribution is -2.63. The Kier molecular flexibility index (Phi) is 20.0. The first kappa shape index (κ1) is 54.8. The lowest BCUT2D eigenvalue weighted by atomic mass is 9.99. The zero-order valence-corrected chi connectivity index (χ0v) is 37.7. The van der Waals surface area contributed by atoms with E-state index in [1.807, 2.05) is 0 Å². The highest BCUT2D eigenvalue weighted by molar-refractivity contribution is 7.81. The van der Waals surface area contributed by atoms with E-state index in [2.05, 4.69) is 4.18 Å². The Balaban J connectivity index is 0.000000313. The minimum Gasteiger partial charge on any atom is -0.716 e. The molecular weight excluding hydrogens is 945 g/mol. The molecule has 4 aromatic rings. The van der Waals surface area contributed by atoms with Crippen molar-refractivity contribution in [1.82, 2.24) is 0 Å². The molecule has 22 heteroatoms. The number of carbonyl (C=O) groups is 3. The van der Waals surface area contributed by atoms with E-state index in [0.29, 0.717) is 22.3 Å². The van der Waals surface area contributed by atoms with Crippen LogP contribution < -0.4 is 23.5 Å². The summed E-state index contributed by atoms with van der Waals surface area (Å²) in [4.78, 5) is 35.3. The van der Waals surface area contributed by atoms with Crippen LogP contribution in [0, 0.1) is 0 Å². The van der Waals surface area contributed by atoms with Crippen LogP contribution in [-0.4, -0.2) is 121 Å². The fraction of sp³-hybridized carbons (Fsp3) is 0.188. The number of phenols is 2. The van der Waals surface area contributed by atoms with Gasteiger partial charge in [-0.25, -0.2) is 8.42 Å². The first-order valence-corrected chi connectivity index (χ1v) is 21.5. The SMILES string of the molecule is COc1cc(/C=C/C(=O)/C=C(O)/C=C/c2ccc(OC3OC(C(=O)[O-])C(O)C(O)C3O)c(CO)c2)ccc1O.COc1cc(/C=C/C(=O)/C=C(O)/C=C/c2ccc(OS(=O)(=O)[O-])c(CO)c2)ccc1O. The number of allylic oxidation sites excluding steroid dienone is 6. The molecule has 70 heavy (non-hydrogen) atoms. The van der Waals surface area contributed by atoms with Crippen molar-refractivity contribution in [2.75, 3.05) is 14.2 Å². The van der Waals surface area contributed by atoms with Crippen LogP contribution in [0.2, 0.25) is 0 Å². The molecule has 372 valence electrons. The number of benzene rings is 4. The van der Waals surface area contributed by atoms with Crippen molar-refractivity contribution in [2.24, 2.45) is 0 Å². The van der Waals surface area contributed by atoms with E-state index in [4.69, 9.17) is 18.9 Å². The summed E-state index contributed by atoms with van der Waals surface area (Å²) in [5, 5.41) is 99.1. The van der Waals surface area contributed by atoms with Crippen molar-refractivity contribution >= 4 is 52.2 Å². The Bertz CT molecular complexity index is 2810. The average molecular weight is 991 g/mol. The monoisotopic (exact) mass is 990 g/mol. The van der Waals surface area contributed by atoms with Crippen molar-refractivity contribution < 1.29 is 102 Å². The van der Waals surface area contributed by atoms with E-state index in [1.165, 1.54) is 123 Å². The molecule has 0 aromatic heterocycles. The quantitative estimate of drug-likeness (QED) is 0.0213. The molecule has 5 atom stereocenters. The molecule has 0 spiro atoms. The predicted octanol–water partition coefficient (Wildman–Crippen LogP) is 2.04. The summed E-state index contributed by atoms with van der Waals surface area (Å²) in [6.45, 7) is -1.12. The lowest BCUT2D eigenvalue weighted by molar-refractivity contribution is -0.342. The largest absolute Gasteiger partial charge is 0.716 e. The molecular formula is C48H46O21S-2. The molecule has 21 nitrogen and oxygen atoms in total. The van der Waals surface area contributed by atoms with Gasteiger partial charge >= 0.3 is 0 Å². The van der Waals surface area contributed by atoms with E-state index in [-0.39, 0.29) is 57.1 Å². The number of aliphatic carboxylic acids is 1. The fourth-order valence-corrected chi connectivity index (χ4v) is 6.41. The first-order valence-electron chi connectivity index (χ1n) is 20.2. The molecule has 1 aliphatic rings. The molecule has 1 saturated heterocycles. The van der Waals surface area contributed by atoms with Gasteiger partial charge in [0.2, 0.25) is 6.29 Å². The molecule has 0 amide bonds. The molecule has 1 heterocycles. The van der Waals surface area contributed by atoms with Crippen molar-refractivity contribution in [3.05, 3.63) is 154 Å². The average Bonchev–Trinajstić information content (AvgIpc) is 3.32. The second-order valence-electron chi connectivity index (χ2n) is 14.5. The van der Waals surface area contributed by atoms with E-state index in [1.54, 1.807) is 12.1 Å². The Morgan fingerprint density at radius 3 is 1.46 bits per heavy atom. The van der Waals surface area contributed by atoms with Gasteiger partial charge in [0.25, 0.3) is 10.4 Å². The van der Waals surface area contributed by atoms with Crippen LogP contribution in [-0.2, 0) is 42.7 Å². The number of carbonyl (C=O) groups excluding carboxylic acids is 3. The van der Waals surface area contributed by atoms with Gasteiger partial charge in [-0.3, -0.25) is 9.59 Å². The summed E-state index contributed by atoms with van der Waals surface area (Å²) in [6, 6.07) is 17.3. The standard InChI is InChI=1S/C27H28O12.C21H20O9S/c1-37-21-11-15(4-8-19(21)31)3-7-18(30)12-17(29)6-2-14-5-9-20(16(10-14)13-28)38-27-24(34)22(32)23(33)25(39-27)26(35)36;1-29-21-11-15(4-8-19(21)25)3-7-18(24)12-17(23)6-2-14-5-9-20(16(10-14)13-22)30-31(26,27)28/h2-12,22-25,27-29,31-34H,13H2,1H3,(H,35,36);2-12,22-23,25H,13H2,1H3,(H,26,27,28)/p-2/b2*6-2+,7-3+,17-12-. The van der Waals surface area contributed by atoms with Crippen LogP contribution in [0.15, 0.2) is 121 Å². The normalized spacial score (nSPS) is 18.7. The topological polar surface area (TPSA) is 360 Å². The summed E-state index contributed by atoms with van der Waals surface area (Å²) in [5.41, 5.74) is 2.34. The third kappa shape index (κ3) is 16.5. The molecule has 5 unspecified atom stereocenters. The van der Waals surface area contributed by atoms with Gasteiger partial charge in [0.05, 0.1) is 33.4 Å². The third-order valence-electron chi connectivity index (χ3n) is 9.51. The number of carboxylic acid groups (broad SMARTS) is 1. The Hall–Kier alpha value is -7.80. The molecule has 1 aliphatic heterocycles. The molecule has 9 N–H and O–H groups in total. The van der Waals surface area contributed by atoms with E-state index in [9.17, 15) is 78.4 Å². The summed E-state index contributed by atoms with van der Waals surface area (Å²) in [6.07, 6.45) is 3.38. The summed E-state index contributed by atoms with van der Waals surface area (Å²) >= 11 is 0. The summed E-state index contributed by atoms with van der Waals surface area (Å²) < 4.78 is 56.8. The Morgan fingerprint density at radius 2 is 1.03 bits per heavy atom. The number of ketones is 2. The van der Waals surface area contributed by atoms with Gasteiger partial charge in [0, 0.05) is 23.3 Å². The predicted molar refractivity (Wildman–Crippen MR) is 244 cm³/mol. The van der Waals surface area contributed by atoms with Crippen molar-refractivity contribution in [2.45, 2.75) is 43.9 Å². The molecule has 0 radical (unpaired) electrons. The maximum absolute atomic E-state index is 12.1. The van der Waals surface area contributed by atoms with Crippen LogP contribution >= 0.6 is 0 Å². The number of aromatic hydroxyl groups is 2. The number of ether oxygens (including phenoxy) is 4. The molecule has 4 aromatic carbocycles. The smallest absolute Gasteiger partial charge is 0.262 e. The third-order valence-corrected chi connectivity index (χ3v) is 9.89. The number of methoxy groups -OCH3 is 2. The number of hydrogen-bond acceptors (Lipinski definition) is 21. The van der Waals surface area contributed by atoms with Crippen LogP contribution in [0.5, 0.6) is 34.5 Å². The van der Waals surface area contributed by atoms with Gasteiger partial charge < -0.3 is 83.5 Å². The van der Waals surface area contributed by atoms with Gasteiger partial charge in [-0.2, -0.15) is 0 Å². The number of aliphatic hydroxyl groups excluding tert-OH is 7.